The summed E-state index contributed by atoms with van der Waals surface area (Å²) >= 11 is 0. The summed E-state index contributed by atoms with van der Waals surface area (Å²) in [5.41, 5.74) is 9.59. The molecule has 3 heterocycles. The maximum absolute atomic E-state index is 12.9. The Kier molecular flexibility index (Phi) is 9.27. The first-order valence-electron chi connectivity index (χ1n) is 14.1. The van der Waals surface area contributed by atoms with Crippen molar-refractivity contribution in [1.29, 1.82) is 0 Å². The lowest BCUT2D eigenvalue weighted by molar-refractivity contribution is 0.0139. The molecular formula is C30H42N8O3. The number of piperazine rings is 1. The van der Waals surface area contributed by atoms with Gasteiger partial charge in [0.1, 0.15) is 17.3 Å². The lowest BCUT2D eigenvalue weighted by Gasteiger charge is -2.35. The summed E-state index contributed by atoms with van der Waals surface area (Å²) < 4.78 is 5.50. The zero-order valence-electron chi connectivity index (χ0n) is 25.0. The number of aromatic nitrogens is 3. The molecule has 41 heavy (non-hydrogen) atoms. The Morgan fingerprint density at radius 3 is 2.56 bits per heavy atom. The number of imidazole rings is 1. The molecule has 11 nitrogen and oxygen atoms in total. The van der Waals surface area contributed by atoms with Gasteiger partial charge in [-0.2, -0.15) is 5.10 Å². The van der Waals surface area contributed by atoms with Gasteiger partial charge in [0.05, 0.1) is 11.0 Å². The van der Waals surface area contributed by atoms with Crippen LogP contribution in [0.5, 0.6) is 0 Å². The number of aromatic amines is 1. The summed E-state index contributed by atoms with van der Waals surface area (Å²) in [5, 5.41) is 5.51. The van der Waals surface area contributed by atoms with Crippen LogP contribution >= 0.6 is 0 Å². The highest BCUT2D eigenvalue weighted by Crippen LogP contribution is 2.18. The maximum atomic E-state index is 12.9. The van der Waals surface area contributed by atoms with Gasteiger partial charge in [0.25, 0.3) is 5.91 Å². The van der Waals surface area contributed by atoms with Crippen LogP contribution in [0.25, 0.3) is 11.0 Å². The molecule has 11 heteroatoms. The van der Waals surface area contributed by atoms with Crippen LogP contribution in [0.1, 0.15) is 68.5 Å². The van der Waals surface area contributed by atoms with Crippen LogP contribution in [0.2, 0.25) is 0 Å². The molecule has 0 spiro atoms. The van der Waals surface area contributed by atoms with E-state index >= 15 is 0 Å². The number of benzene rings is 1. The zero-order chi connectivity index (χ0) is 29.7. The van der Waals surface area contributed by atoms with Crippen molar-refractivity contribution in [3.05, 3.63) is 59.2 Å². The lowest BCUT2D eigenvalue weighted by Crippen LogP contribution is -2.49. The molecule has 0 radical (unpaired) electrons. The lowest BCUT2D eigenvalue weighted by atomic mass is 10.1. The molecule has 1 aromatic carbocycles. The molecule has 1 aliphatic rings. The molecule has 1 aliphatic heterocycles. The van der Waals surface area contributed by atoms with E-state index in [9.17, 15) is 9.59 Å². The molecule has 0 bridgehead atoms. The number of hydrogen-bond acceptors (Lipinski definition) is 7. The van der Waals surface area contributed by atoms with Crippen molar-refractivity contribution in [2.75, 3.05) is 33.2 Å². The van der Waals surface area contributed by atoms with Gasteiger partial charge in [-0.15, -0.1) is 0 Å². The largest absolute Gasteiger partial charge is 0.444 e. The second kappa shape index (κ2) is 12.7. The van der Waals surface area contributed by atoms with Gasteiger partial charge < -0.3 is 20.4 Å². The monoisotopic (exact) mass is 562 g/mol. The summed E-state index contributed by atoms with van der Waals surface area (Å²) in [6.07, 6.45) is 2.73. The first kappa shape index (κ1) is 30.0. The number of carbonyl (C=O) groups is 2. The maximum Gasteiger partial charge on any atom is 0.410 e. The zero-order valence-corrected chi connectivity index (χ0v) is 25.0. The van der Waals surface area contributed by atoms with Crippen molar-refractivity contribution in [2.45, 2.75) is 59.6 Å². The molecule has 2 aromatic heterocycles. The van der Waals surface area contributed by atoms with Gasteiger partial charge in [-0.25, -0.2) is 14.8 Å². The Bertz CT molecular complexity index is 1400. The van der Waals surface area contributed by atoms with Crippen molar-refractivity contribution in [3.63, 3.8) is 0 Å². The number of ether oxygens (including phenoxy) is 1. The first-order valence-corrected chi connectivity index (χ1v) is 14.1. The average molecular weight is 563 g/mol. The number of amides is 2. The number of fused-ring (bicyclic) bond motifs is 1. The van der Waals surface area contributed by atoms with E-state index in [4.69, 9.17) is 15.5 Å². The predicted octanol–water partition coefficient (Wildman–Crippen LogP) is 3.99. The third-order valence-electron chi connectivity index (χ3n) is 6.63. The molecule has 3 N–H and O–H groups in total. The minimum absolute atomic E-state index is 0.240. The number of nitrogens with two attached hydrogens (primary N) is 1. The molecule has 3 aromatic rings. The Morgan fingerprint density at radius 2 is 1.88 bits per heavy atom. The highest BCUT2D eigenvalue weighted by atomic mass is 16.6. The number of rotatable bonds is 8. The molecule has 0 saturated carbocycles. The second-order valence-corrected chi connectivity index (χ2v) is 12.0. The van der Waals surface area contributed by atoms with Crippen molar-refractivity contribution in [1.82, 2.24) is 29.8 Å². The van der Waals surface area contributed by atoms with Crippen LogP contribution in [-0.4, -0.2) is 86.4 Å². The average Bonchev–Trinajstić information content (AvgIpc) is 3.28. The number of hydrazone groups is 1. The van der Waals surface area contributed by atoms with E-state index in [1.54, 1.807) is 24.1 Å². The number of hydrogen-bond donors (Lipinski definition) is 2. The van der Waals surface area contributed by atoms with Gasteiger partial charge in [-0.3, -0.25) is 14.7 Å². The van der Waals surface area contributed by atoms with Crippen molar-refractivity contribution >= 4 is 28.9 Å². The number of nitrogens with one attached hydrogen (secondary N) is 1. The number of H-pyrrole nitrogens is 1. The van der Waals surface area contributed by atoms with Gasteiger partial charge in [-0.1, -0.05) is 13.8 Å². The fraction of sp³-hybridized carbons (Fsp3) is 0.500. The predicted molar refractivity (Wildman–Crippen MR) is 159 cm³/mol. The number of carbonyl (C=O) groups excluding carboxylic acids is 2. The summed E-state index contributed by atoms with van der Waals surface area (Å²) in [6.45, 7) is 13.4. The van der Waals surface area contributed by atoms with Gasteiger partial charge in [0.15, 0.2) is 0 Å². The van der Waals surface area contributed by atoms with Crippen LogP contribution in [0, 0.1) is 5.92 Å². The van der Waals surface area contributed by atoms with Crippen molar-refractivity contribution < 1.29 is 14.3 Å². The van der Waals surface area contributed by atoms with Crippen molar-refractivity contribution in [2.24, 2.45) is 16.8 Å². The number of amidine groups is 1. The smallest absolute Gasteiger partial charge is 0.410 e. The van der Waals surface area contributed by atoms with E-state index in [0.29, 0.717) is 43.2 Å². The van der Waals surface area contributed by atoms with Crippen LogP contribution in [-0.2, 0) is 17.7 Å². The Morgan fingerprint density at radius 1 is 1.15 bits per heavy atom. The molecule has 0 unspecified atom stereocenters. The van der Waals surface area contributed by atoms with Crippen LogP contribution in [0.15, 0.2) is 41.6 Å². The minimum Gasteiger partial charge on any atom is -0.444 e. The summed E-state index contributed by atoms with van der Waals surface area (Å²) in [5.74, 6) is 1.32. The summed E-state index contributed by atoms with van der Waals surface area (Å²) in [7, 11) is 1.61. The van der Waals surface area contributed by atoms with Gasteiger partial charge in [0.2, 0.25) is 0 Å². The molecule has 220 valence electrons. The minimum atomic E-state index is -0.491. The van der Waals surface area contributed by atoms with Gasteiger partial charge >= 0.3 is 6.09 Å². The van der Waals surface area contributed by atoms with Crippen LogP contribution in [0.3, 0.4) is 0 Å². The van der Waals surface area contributed by atoms with Crippen LogP contribution in [0.4, 0.5) is 4.79 Å². The standard InChI is InChI=1S/C30H42N8O3/c1-20(2)15-26(31)35-36(6)28(39)22-7-8-24-25(17-22)34-27(33-24)18-23-16-21(9-10-32-23)19-37-11-13-38(14-12-37)29(40)41-30(3,4)5/h7-10,16-17,20H,11-15,18-19H2,1-6H3,(H2,31,35)(H,33,34). The quantitative estimate of drug-likeness (QED) is 0.241. The van der Waals surface area contributed by atoms with E-state index in [1.807, 2.05) is 39.1 Å². The molecule has 0 atom stereocenters. The third-order valence-corrected chi connectivity index (χ3v) is 6.63. The topological polar surface area (TPSA) is 133 Å². The number of pyridine rings is 1. The highest BCUT2D eigenvalue weighted by molar-refractivity contribution is 5.97. The molecule has 0 aliphatic carbocycles. The fourth-order valence-corrected chi connectivity index (χ4v) is 4.73. The molecule has 2 amide bonds. The first-order chi connectivity index (χ1) is 19.4. The SMILES string of the molecule is CC(C)CC(N)=NN(C)C(=O)c1ccc2nc(Cc3cc(CN4CCN(C(=O)OC(C)(C)C)CC4)ccn3)[nH]c2c1. The fourth-order valence-electron chi connectivity index (χ4n) is 4.73. The summed E-state index contributed by atoms with van der Waals surface area (Å²) in [4.78, 5) is 41.9. The third kappa shape index (κ3) is 8.50. The van der Waals surface area contributed by atoms with E-state index < -0.39 is 5.60 Å². The van der Waals surface area contributed by atoms with E-state index in [2.05, 4.69) is 39.9 Å². The van der Waals surface area contributed by atoms with Gasteiger partial charge in [0, 0.05) is 70.1 Å². The van der Waals surface area contributed by atoms with Crippen LogP contribution < -0.4 is 5.73 Å². The molecule has 1 fully saturated rings. The van der Waals surface area contributed by atoms with Crippen molar-refractivity contribution in [3.8, 4) is 0 Å². The Labute approximate surface area is 241 Å². The summed E-state index contributed by atoms with van der Waals surface area (Å²) in [6, 6.07) is 9.49. The Hall–Kier alpha value is -3.99. The highest BCUT2D eigenvalue weighted by Gasteiger charge is 2.26. The van der Waals surface area contributed by atoms with E-state index in [0.717, 1.165) is 47.7 Å². The molecular weight excluding hydrogens is 520 g/mol. The number of nitrogens with zero attached hydrogens (tertiary/aromatic N) is 6. The van der Waals surface area contributed by atoms with E-state index in [-0.39, 0.29) is 12.0 Å². The normalized spacial score (nSPS) is 15.0. The second-order valence-electron chi connectivity index (χ2n) is 12.0. The Balaban J connectivity index is 1.36. The molecule has 4 rings (SSSR count). The van der Waals surface area contributed by atoms with Gasteiger partial charge in [-0.05, 0) is 62.6 Å². The molecule has 1 saturated heterocycles. The van der Waals surface area contributed by atoms with E-state index in [1.165, 1.54) is 5.01 Å².